The van der Waals surface area contributed by atoms with Crippen molar-refractivity contribution in [3.05, 3.63) is 101 Å². The zero-order chi connectivity index (χ0) is 18.8. The molecule has 3 aromatic rings. The van der Waals surface area contributed by atoms with E-state index in [0.717, 1.165) is 11.3 Å². The van der Waals surface area contributed by atoms with Gasteiger partial charge in [-0.05, 0) is 29.8 Å². The van der Waals surface area contributed by atoms with Gasteiger partial charge in [0.1, 0.15) is 5.75 Å². The zero-order valence-electron chi connectivity index (χ0n) is 14.4. The predicted octanol–water partition coefficient (Wildman–Crippen LogP) is 5.04. The van der Waals surface area contributed by atoms with E-state index in [-0.39, 0.29) is 17.7 Å². The molecular weight excluding hydrogens is 360 g/mol. The van der Waals surface area contributed by atoms with Crippen molar-refractivity contribution in [2.24, 2.45) is 5.10 Å². The van der Waals surface area contributed by atoms with Gasteiger partial charge in [0.15, 0.2) is 0 Å². The zero-order valence-corrected chi connectivity index (χ0v) is 15.2. The van der Waals surface area contributed by atoms with Crippen LogP contribution < -0.4 is 0 Å². The lowest BCUT2D eigenvalue weighted by molar-refractivity contribution is 0.0709. The van der Waals surface area contributed by atoms with E-state index in [4.69, 9.17) is 11.6 Å². The van der Waals surface area contributed by atoms with Crippen LogP contribution in [0.2, 0.25) is 5.02 Å². The van der Waals surface area contributed by atoms with Gasteiger partial charge >= 0.3 is 0 Å². The van der Waals surface area contributed by atoms with E-state index in [1.165, 1.54) is 5.01 Å². The summed E-state index contributed by atoms with van der Waals surface area (Å²) in [5, 5.41) is 16.9. The fourth-order valence-electron chi connectivity index (χ4n) is 3.27. The van der Waals surface area contributed by atoms with Gasteiger partial charge < -0.3 is 5.11 Å². The monoisotopic (exact) mass is 376 g/mol. The Morgan fingerprint density at radius 1 is 1.00 bits per heavy atom. The van der Waals surface area contributed by atoms with Gasteiger partial charge in [-0.25, -0.2) is 5.01 Å². The van der Waals surface area contributed by atoms with E-state index in [0.29, 0.717) is 22.6 Å². The van der Waals surface area contributed by atoms with Crippen LogP contribution >= 0.6 is 11.6 Å². The summed E-state index contributed by atoms with van der Waals surface area (Å²) in [6.07, 6.45) is 0.522. The Balaban J connectivity index is 1.76. The number of hydrazone groups is 1. The third-order valence-electron chi connectivity index (χ3n) is 4.59. The first-order valence-electron chi connectivity index (χ1n) is 8.63. The van der Waals surface area contributed by atoms with Crippen LogP contribution in [0.1, 0.15) is 33.9 Å². The molecule has 27 heavy (non-hydrogen) atoms. The second kappa shape index (κ2) is 7.25. The topological polar surface area (TPSA) is 52.9 Å². The SMILES string of the molecule is O=C(c1cccc(Cl)c1)N1N=C(c2ccccc2)C[C@H]1c1ccccc1O. The van der Waals surface area contributed by atoms with Gasteiger partial charge in [-0.2, -0.15) is 5.10 Å². The maximum atomic E-state index is 13.1. The molecule has 0 bridgehead atoms. The van der Waals surface area contributed by atoms with Crippen LogP contribution in [0.25, 0.3) is 0 Å². The average molecular weight is 377 g/mol. The van der Waals surface area contributed by atoms with E-state index >= 15 is 0 Å². The van der Waals surface area contributed by atoms with Crippen molar-refractivity contribution in [1.29, 1.82) is 0 Å². The Morgan fingerprint density at radius 3 is 2.48 bits per heavy atom. The van der Waals surface area contributed by atoms with Gasteiger partial charge in [-0.15, -0.1) is 0 Å². The Hall–Kier alpha value is -3.11. The minimum atomic E-state index is -0.382. The molecule has 0 spiro atoms. The number of carbonyl (C=O) groups is 1. The number of rotatable bonds is 3. The molecule has 0 unspecified atom stereocenters. The number of phenols is 1. The number of benzene rings is 3. The summed E-state index contributed by atoms with van der Waals surface area (Å²) in [6.45, 7) is 0. The summed E-state index contributed by atoms with van der Waals surface area (Å²) >= 11 is 6.05. The van der Waals surface area contributed by atoms with Crippen molar-refractivity contribution in [2.45, 2.75) is 12.5 Å². The van der Waals surface area contributed by atoms with Crippen LogP contribution in [0.3, 0.4) is 0 Å². The van der Waals surface area contributed by atoms with Gasteiger partial charge in [-0.1, -0.05) is 66.2 Å². The smallest absolute Gasteiger partial charge is 0.274 e. The minimum absolute atomic E-state index is 0.149. The summed E-state index contributed by atoms with van der Waals surface area (Å²) in [6, 6.07) is 23.2. The van der Waals surface area contributed by atoms with Crippen LogP contribution in [0.4, 0.5) is 0 Å². The minimum Gasteiger partial charge on any atom is -0.508 e. The van der Waals surface area contributed by atoms with Crippen LogP contribution in [0.15, 0.2) is 84.0 Å². The van der Waals surface area contributed by atoms with E-state index < -0.39 is 0 Å². The number of hydrogen-bond acceptors (Lipinski definition) is 3. The average Bonchev–Trinajstić information content (AvgIpc) is 3.13. The molecule has 0 saturated carbocycles. The Bertz CT molecular complexity index is 1020. The molecule has 0 aliphatic carbocycles. The lowest BCUT2D eigenvalue weighted by Crippen LogP contribution is -2.27. The third-order valence-corrected chi connectivity index (χ3v) is 4.83. The summed E-state index contributed by atoms with van der Waals surface area (Å²) in [7, 11) is 0. The van der Waals surface area contributed by atoms with Crippen LogP contribution in [-0.4, -0.2) is 21.7 Å². The molecule has 1 aliphatic heterocycles. The number of phenolic OH excluding ortho intramolecular Hbond substituents is 1. The van der Waals surface area contributed by atoms with E-state index in [9.17, 15) is 9.90 Å². The van der Waals surface area contributed by atoms with Crippen molar-refractivity contribution < 1.29 is 9.90 Å². The molecule has 3 aromatic carbocycles. The number of halogens is 1. The largest absolute Gasteiger partial charge is 0.508 e. The van der Waals surface area contributed by atoms with Crippen LogP contribution in [0.5, 0.6) is 5.75 Å². The van der Waals surface area contributed by atoms with Crippen molar-refractivity contribution >= 4 is 23.2 Å². The fraction of sp³-hybridized carbons (Fsp3) is 0.0909. The number of para-hydroxylation sites is 1. The molecule has 1 atom stereocenters. The lowest BCUT2D eigenvalue weighted by Gasteiger charge is -2.22. The fourth-order valence-corrected chi connectivity index (χ4v) is 3.46. The third kappa shape index (κ3) is 3.44. The summed E-state index contributed by atoms with van der Waals surface area (Å²) in [5.74, 6) is -0.104. The molecular formula is C22H17ClN2O2. The Kier molecular flexibility index (Phi) is 4.65. The van der Waals surface area contributed by atoms with E-state index in [2.05, 4.69) is 5.10 Å². The quantitative estimate of drug-likeness (QED) is 0.696. The molecule has 0 radical (unpaired) electrons. The molecule has 1 N–H and O–H groups in total. The van der Waals surface area contributed by atoms with Crippen molar-refractivity contribution in [3.63, 3.8) is 0 Å². The number of aromatic hydroxyl groups is 1. The maximum absolute atomic E-state index is 13.1. The molecule has 1 amide bonds. The number of nitrogens with zero attached hydrogens (tertiary/aromatic N) is 2. The number of hydrogen-bond donors (Lipinski definition) is 1. The molecule has 4 rings (SSSR count). The molecule has 5 heteroatoms. The van der Waals surface area contributed by atoms with Crippen LogP contribution in [-0.2, 0) is 0 Å². The standard InChI is InChI=1S/C22H17ClN2O2/c23-17-10-6-9-16(13-17)22(27)25-20(18-11-4-5-12-21(18)26)14-19(24-25)15-7-2-1-3-8-15/h1-13,20,26H,14H2/t20-/m0/s1. The van der Waals surface area contributed by atoms with Gasteiger partial charge in [0.2, 0.25) is 0 Å². The first-order valence-corrected chi connectivity index (χ1v) is 9.01. The van der Waals surface area contributed by atoms with Gasteiger partial charge in [0.25, 0.3) is 5.91 Å². The molecule has 0 fully saturated rings. The molecule has 0 aromatic heterocycles. The molecule has 4 nitrogen and oxygen atoms in total. The summed E-state index contributed by atoms with van der Waals surface area (Å²) in [5.41, 5.74) is 2.89. The molecule has 134 valence electrons. The van der Waals surface area contributed by atoms with E-state index in [1.807, 2.05) is 42.5 Å². The van der Waals surface area contributed by atoms with Crippen molar-refractivity contribution in [2.75, 3.05) is 0 Å². The highest BCUT2D eigenvalue weighted by Gasteiger charge is 2.35. The Morgan fingerprint density at radius 2 is 1.74 bits per heavy atom. The second-order valence-electron chi connectivity index (χ2n) is 6.35. The first kappa shape index (κ1) is 17.3. The normalized spacial score (nSPS) is 16.3. The summed E-state index contributed by atoms with van der Waals surface area (Å²) in [4.78, 5) is 13.1. The highest BCUT2D eigenvalue weighted by Crippen LogP contribution is 2.37. The van der Waals surface area contributed by atoms with Gasteiger partial charge in [0, 0.05) is 22.6 Å². The second-order valence-corrected chi connectivity index (χ2v) is 6.79. The van der Waals surface area contributed by atoms with E-state index in [1.54, 1.807) is 36.4 Å². The summed E-state index contributed by atoms with van der Waals surface area (Å²) < 4.78 is 0. The highest BCUT2D eigenvalue weighted by atomic mass is 35.5. The van der Waals surface area contributed by atoms with Crippen LogP contribution in [0, 0.1) is 0 Å². The first-order chi connectivity index (χ1) is 13.1. The van der Waals surface area contributed by atoms with Crippen molar-refractivity contribution in [3.8, 4) is 5.75 Å². The Labute approximate surface area is 162 Å². The maximum Gasteiger partial charge on any atom is 0.274 e. The predicted molar refractivity (Wildman–Crippen MR) is 106 cm³/mol. The van der Waals surface area contributed by atoms with Crippen molar-refractivity contribution in [1.82, 2.24) is 5.01 Å². The highest BCUT2D eigenvalue weighted by molar-refractivity contribution is 6.31. The molecule has 1 heterocycles. The molecule has 1 aliphatic rings. The van der Waals surface area contributed by atoms with Gasteiger partial charge in [0.05, 0.1) is 11.8 Å². The number of amides is 1. The molecule has 0 saturated heterocycles. The lowest BCUT2D eigenvalue weighted by atomic mass is 9.97. The number of carbonyl (C=O) groups excluding carboxylic acids is 1. The van der Waals surface area contributed by atoms with Gasteiger partial charge in [-0.3, -0.25) is 4.79 Å².